The lowest BCUT2D eigenvalue weighted by molar-refractivity contribution is -0.152. The number of hydrogen-bond donors (Lipinski definition) is 1. The van der Waals surface area contributed by atoms with Gasteiger partial charge in [0.2, 0.25) is 0 Å². The molecule has 0 spiro atoms. The van der Waals surface area contributed by atoms with Crippen LogP contribution in [0.15, 0.2) is 83.7 Å². The average Bonchev–Trinajstić information content (AvgIpc) is 3.13. The summed E-state index contributed by atoms with van der Waals surface area (Å²) < 4.78 is 14.5. The van der Waals surface area contributed by atoms with Crippen LogP contribution in [0.5, 0.6) is 17.2 Å². The van der Waals surface area contributed by atoms with Gasteiger partial charge in [-0.2, -0.15) is 5.10 Å². The van der Waals surface area contributed by atoms with E-state index >= 15 is 0 Å². The lowest BCUT2D eigenvalue weighted by Crippen LogP contribution is -2.37. The van der Waals surface area contributed by atoms with Crippen molar-refractivity contribution < 1.29 is 19.4 Å². The topological polar surface area (TPSA) is 95.6 Å². The summed E-state index contributed by atoms with van der Waals surface area (Å²) in [6.07, 6.45) is 2.26. The van der Waals surface area contributed by atoms with Crippen molar-refractivity contribution in [3.63, 3.8) is 0 Å². The second-order valence-electron chi connectivity index (χ2n) is 9.39. The molecule has 0 aliphatic rings. The van der Waals surface area contributed by atoms with Gasteiger partial charge in [0, 0.05) is 13.5 Å². The van der Waals surface area contributed by atoms with E-state index in [1.807, 2.05) is 66.7 Å². The van der Waals surface area contributed by atoms with Crippen LogP contribution in [-0.4, -0.2) is 31.0 Å². The molecule has 4 rings (SSSR count). The summed E-state index contributed by atoms with van der Waals surface area (Å²) in [5.74, 6) is 1.68. The maximum absolute atomic E-state index is 12.8. The Kier molecular flexibility index (Phi) is 7.77. The molecule has 3 aromatic carbocycles. The van der Waals surface area contributed by atoms with Gasteiger partial charge in [-0.3, -0.25) is 4.57 Å². The van der Waals surface area contributed by atoms with Crippen molar-refractivity contribution >= 4 is 5.97 Å². The van der Waals surface area contributed by atoms with E-state index in [-0.39, 0.29) is 5.69 Å². The van der Waals surface area contributed by atoms with E-state index in [9.17, 15) is 14.7 Å². The van der Waals surface area contributed by atoms with Gasteiger partial charge in [-0.15, -0.1) is 0 Å². The van der Waals surface area contributed by atoms with Crippen LogP contribution in [0, 0.1) is 0 Å². The lowest BCUT2D eigenvalue weighted by atomic mass is 10.1. The largest absolute Gasteiger partial charge is 0.478 e. The van der Waals surface area contributed by atoms with Crippen LogP contribution < -0.4 is 15.2 Å². The molecule has 0 atom stereocenters. The van der Waals surface area contributed by atoms with E-state index in [0.29, 0.717) is 24.5 Å². The standard InChI is InChI=1S/C29H31N3O5/c1-29(2,27(33)34)37-24-17-15-21(16-18-24)9-8-14-26-30-32(28(35)31(26)3)20-22-10-7-13-25(19-22)36-23-11-5-4-6-12-23/h4-7,10-13,15-19H,8-9,14,20H2,1-3H3,(H,33,34). The molecule has 0 saturated heterocycles. The SMILES string of the molecule is Cn1c(CCCc2ccc(OC(C)(C)C(=O)O)cc2)nn(Cc2cccc(Oc3ccccc3)c2)c1=O. The molecule has 4 aromatic rings. The fourth-order valence-corrected chi connectivity index (χ4v) is 3.87. The van der Waals surface area contributed by atoms with Crippen LogP contribution in [0.25, 0.3) is 0 Å². The maximum Gasteiger partial charge on any atom is 0.347 e. The number of carbonyl (C=O) groups is 1. The highest BCUT2D eigenvalue weighted by Crippen LogP contribution is 2.22. The van der Waals surface area contributed by atoms with Crippen molar-refractivity contribution in [1.82, 2.24) is 14.3 Å². The third-order valence-corrected chi connectivity index (χ3v) is 6.02. The number of aromatic nitrogens is 3. The summed E-state index contributed by atoms with van der Waals surface area (Å²) in [5, 5.41) is 13.8. The monoisotopic (exact) mass is 501 g/mol. The molecule has 0 saturated carbocycles. The molecule has 0 aliphatic carbocycles. The van der Waals surface area contributed by atoms with Crippen molar-refractivity contribution in [2.24, 2.45) is 7.05 Å². The highest BCUT2D eigenvalue weighted by Gasteiger charge is 2.29. The molecule has 0 radical (unpaired) electrons. The Morgan fingerprint density at radius 1 is 0.892 bits per heavy atom. The molecular weight excluding hydrogens is 470 g/mol. The number of carboxylic acids is 1. The van der Waals surface area contributed by atoms with Gasteiger partial charge in [0.1, 0.15) is 23.1 Å². The van der Waals surface area contributed by atoms with Gasteiger partial charge in [-0.25, -0.2) is 14.3 Å². The molecule has 0 fully saturated rings. The Morgan fingerprint density at radius 2 is 1.59 bits per heavy atom. The number of benzene rings is 3. The van der Waals surface area contributed by atoms with Crippen molar-refractivity contribution in [3.05, 3.63) is 106 Å². The van der Waals surface area contributed by atoms with Crippen molar-refractivity contribution in [3.8, 4) is 17.2 Å². The van der Waals surface area contributed by atoms with E-state index in [1.54, 1.807) is 23.7 Å². The summed E-state index contributed by atoms with van der Waals surface area (Å²) in [6.45, 7) is 3.39. The van der Waals surface area contributed by atoms with E-state index < -0.39 is 11.6 Å². The Hall–Kier alpha value is -4.33. The smallest absolute Gasteiger partial charge is 0.347 e. The number of nitrogens with zero attached hydrogens (tertiary/aromatic N) is 3. The number of aliphatic carboxylic acids is 1. The zero-order valence-electron chi connectivity index (χ0n) is 21.3. The zero-order chi connectivity index (χ0) is 26.4. The minimum atomic E-state index is -1.29. The summed E-state index contributed by atoms with van der Waals surface area (Å²) in [5.41, 5.74) is 0.571. The zero-order valence-corrected chi connectivity index (χ0v) is 21.3. The van der Waals surface area contributed by atoms with Gasteiger partial charge >= 0.3 is 11.7 Å². The molecule has 0 aliphatic heterocycles. The summed E-state index contributed by atoms with van der Waals surface area (Å²) in [7, 11) is 1.74. The predicted octanol–water partition coefficient (Wildman–Crippen LogP) is 4.84. The van der Waals surface area contributed by atoms with Crippen LogP contribution in [0.4, 0.5) is 0 Å². The maximum atomic E-state index is 12.8. The van der Waals surface area contributed by atoms with Crippen molar-refractivity contribution in [2.75, 3.05) is 0 Å². The Labute approximate surface area is 215 Å². The normalized spacial score (nSPS) is 11.3. The number of rotatable bonds is 11. The highest BCUT2D eigenvalue weighted by atomic mass is 16.5. The summed E-state index contributed by atoms with van der Waals surface area (Å²) >= 11 is 0. The third-order valence-electron chi connectivity index (χ3n) is 6.02. The first kappa shape index (κ1) is 25.8. The minimum absolute atomic E-state index is 0.160. The second-order valence-corrected chi connectivity index (χ2v) is 9.39. The summed E-state index contributed by atoms with van der Waals surface area (Å²) in [4.78, 5) is 24.0. The number of para-hydroxylation sites is 1. The quantitative estimate of drug-likeness (QED) is 0.316. The molecule has 8 heteroatoms. The second kappa shape index (κ2) is 11.2. The van der Waals surface area contributed by atoms with Gasteiger partial charge in [0.05, 0.1) is 6.54 Å². The fourth-order valence-electron chi connectivity index (χ4n) is 3.87. The van der Waals surface area contributed by atoms with Crippen LogP contribution in [0.2, 0.25) is 0 Å². The van der Waals surface area contributed by atoms with Gasteiger partial charge in [-0.1, -0.05) is 42.5 Å². The number of carboxylic acid groups (broad SMARTS) is 1. The Morgan fingerprint density at radius 3 is 2.30 bits per heavy atom. The highest BCUT2D eigenvalue weighted by molar-refractivity contribution is 5.76. The predicted molar refractivity (Wildman–Crippen MR) is 140 cm³/mol. The Balaban J connectivity index is 1.35. The first-order valence-corrected chi connectivity index (χ1v) is 12.2. The molecule has 1 heterocycles. The molecule has 1 N–H and O–H groups in total. The Bertz CT molecular complexity index is 1410. The number of hydrogen-bond acceptors (Lipinski definition) is 5. The van der Waals surface area contributed by atoms with Crippen LogP contribution in [0.3, 0.4) is 0 Å². The lowest BCUT2D eigenvalue weighted by Gasteiger charge is -2.21. The molecular formula is C29H31N3O5. The molecule has 192 valence electrons. The fraction of sp³-hybridized carbons (Fsp3) is 0.276. The molecule has 0 unspecified atom stereocenters. The van der Waals surface area contributed by atoms with Crippen molar-refractivity contribution in [2.45, 2.75) is 45.3 Å². The number of ether oxygens (including phenoxy) is 2. The van der Waals surface area contributed by atoms with E-state index in [4.69, 9.17) is 9.47 Å². The van der Waals surface area contributed by atoms with E-state index in [2.05, 4.69) is 5.10 Å². The van der Waals surface area contributed by atoms with Gasteiger partial charge in [-0.05, 0) is 74.2 Å². The minimum Gasteiger partial charge on any atom is -0.478 e. The first-order chi connectivity index (χ1) is 17.7. The molecule has 0 amide bonds. The van der Waals surface area contributed by atoms with Crippen LogP contribution >= 0.6 is 0 Å². The first-order valence-electron chi connectivity index (χ1n) is 12.2. The van der Waals surface area contributed by atoms with Gasteiger partial charge in [0.25, 0.3) is 0 Å². The molecule has 0 bridgehead atoms. The van der Waals surface area contributed by atoms with E-state index in [1.165, 1.54) is 18.5 Å². The van der Waals surface area contributed by atoms with Crippen LogP contribution in [0.1, 0.15) is 37.2 Å². The number of aryl methyl sites for hydroxylation is 2. The average molecular weight is 502 g/mol. The van der Waals surface area contributed by atoms with Crippen molar-refractivity contribution in [1.29, 1.82) is 0 Å². The van der Waals surface area contributed by atoms with Gasteiger partial charge < -0.3 is 14.6 Å². The third kappa shape index (κ3) is 6.67. The van der Waals surface area contributed by atoms with E-state index in [0.717, 1.165) is 35.5 Å². The molecule has 37 heavy (non-hydrogen) atoms. The molecule has 8 nitrogen and oxygen atoms in total. The molecule has 1 aromatic heterocycles. The van der Waals surface area contributed by atoms with Crippen LogP contribution in [-0.2, 0) is 31.2 Å². The van der Waals surface area contributed by atoms with Gasteiger partial charge in [0.15, 0.2) is 5.60 Å². The summed E-state index contributed by atoms with van der Waals surface area (Å²) in [6, 6.07) is 24.6.